The van der Waals surface area contributed by atoms with Crippen molar-refractivity contribution in [3.05, 3.63) is 40.1 Å². The van der Waals surface area contributed by atoms with E-state index < -0.39 is 4.92 Å². The summed E-state index contributed by atoms with van der Waals surface area (Å²) in [6.07, 6.45) is 1.54. The van der Waals surface area contributed by atoms with Crippen LogP contribution >= 0.6 is 0 Å². The molecule has 2 heterocycles. The molecule has 0 aromatic carbocycles. The van der Waals surface area contributed by atoms with Crippen LogP contribution in [0.4, 0.5) is 11.5 Å². The lowest BCUT2D eigenvalue weighted by Crippen LogP contribution is -2.11. The molecule has 0 amide bonds. The molecule has 0 unspecified atom stereocenters. The fraction of sp³-hybridized carbons (Fsp3) is 0.429. The largest absolute Gasteiger partial charge is 0.473 e. The molecule has 8 nitrogen and oxygen atoms in total. The number of anilines is 1. The first-order valence-corrected chi connectivity index (χ1v) is 6.98. The highest BCUT2D eigenvalue weighted by molar-refractivity contribution is 5.61. The average molecular weight is 306 g/mol. The van der Waals surface area contributed by atoms with Crippen LogP contribution < -0.4 is 10.1 Å². The van der Waals surface area contributed by atoms with E-state index in [1.165, 1.54) is 6.26 Å². The van der Waals surface area contributed by atoms with Crippen molar-refractivity contribution in [2.45, 2.75) is 33.2 Å². The summed E-state index contributed by atoms with van der Waals surface area (Å²) in [6.45, 7) is 6.14. The fourth-order valence-corrected chi connectivity index (χ4v) is 1.82. The van der Waals surface area contributed by atoms with Crippen LogP contribution in [0.2, 0.25) is 0 Å². The smallest absolute Gasteiger partial charge is 0.372 e. The fourth-order valence-electron chi connectivity index (χ4n) is 1.82. The van der Waals surface area contributed by atoms with Gasteiger partial charge in [0, 0.05) is 5.92 Å². The van der Waals surface area contributed by atoms with Crippen molar-refractivity contribution < 1.29 is 14.1 Å². The molecule has 0 aliphatic rings. The highest BCUT2D eigenvalue weighted by Gasteiger charge is 2.27. The lowest BCUT2D eigenvalue weighted by molar-refractivity contribution is -0.385. The Morgan fingerprint density at radius 3 is 2.77 bits per heavy atom. The van der Waals surface area contributed by atoms with Crippen molar-refractivity contribution in [3.8, 4) is 5.88 Å². The number of ether oxygens (including phenoxy) is 1. The van der Waals surface area contributed by atoms with Gasteiger partial charge < -0.3 is 14.5 Å². The molecule has 0 aliphatic heterocycles. The second kappa shape index (κ2) is 6.88. The number of furan rings is 1. The van der Waals surface area contributed by atoms with Gasteiger partial charge in [-0.15, -0.1) is 0 Å². The number of nitro groups is 1. The quantitative estimate of drug-likeness (QED) is 0.619. The third-order valence-corrected chi connectivity index (χ3v) is 2.86. The predicted molar refractivity (Wildman–Crippen MR) is 80.0 cm³/mol. The zero-order valence-electron chi connectivity index (χ0n) is 12.7. The number of rotatable bonds is 7. The normalized spacial score (nSPS) is 10.7. The number of hydrogen-bond acceptors (Lipinski definition) is 7. The molecule has 118 valence electrons. The van der Waals surface area contributed by atoms with Gasteiger partial charge in [0.05, 0.1) is 24.3 Å². The minimum Gasteiger partial charge on any atom is -0.473 e. The van der Waals surface area contributed by atoms with E-state index >= 15 is 0 Å². The summed E-state index contributed by atoms with van der Waals surface area (Å²) in [5.74, 6) is 1.26. The molecular weight excluding hydrogens is 288 g/mol. The Bertz CT molecular complexity index is 641. The molecule has 2 aromatic heterocycles. The molecule has 2 rings (SSSR count). The maximum absolute atomic E-state index is 11.3. The summed E-state index contributed by atoms with van der Waals surface area (Å²) in [6, 6.07) is 3.52. The molecule has 22 heavy (non-hydrogen) atoms. The molecule has 1 N–H and O–H groups in total. The monoisotopic (exact) mass is 306 g/mol. The van der Waals surface area contributed by atoms with Gasteiger partial charge >= 0.3 is 5.69 Å². The van der Waals surface area contributed by atoms with Crippen LogP contribution in [-0.4, -0.2) is 21.5 Å². The average Bonchev–Trinajstić information content (AvgIpc) is 2.97. The van der Waals surface area contributed by atoms with E-state index in [9.17, 15) is 10.1 Å². The maximum atomic E-state index is 11.3. The van der Waals surface area contributed by atoms with E-state index in [2.05, 4.69) is 15.3 Å². The van der Waals surface area contributed by atoms with E-state index in [1.807, 2.05) is 13.8 Å². The standard InChI is InChI=1S/C14H18N4O4/c1-4-21-14-11(18(19)20)13(16-12(17-14)9(2)3)15-8-10-6-5-7-22-10/h5-7,9H,4,8H2,1-3H3,(H,15,16,17). The van der Waals surface area contributed by atoms with Crippen LogP contribution in [-0.2, 0) is 6.54 Å². The van der Waals surface area contributed by atoms with Crippen molar-refractivity contribution in [3.63, 3.8) is 0 Å². The Balaban J connectivity index is 2.40. The highest BCUT2D eigenvalue weighted by Crippen LogP contribution is 2.33. The van der Waals surface area contributed by atoms with Gasteiger partial charge in [-0.2, -0.15) is 4.98 Å². The first kappa shape index (κ1) is 15.7. The van der Waals surface area contributed by atoms with Gasteiger partial charge in [-0.3, -0.25) is 10.1 Å². The van der Waals surface area contributed by atoms with E-state index in [1.54, 1.807) is 19.1 Å². The molecular formula is C14H18N4O4. The zero-order chi connectivity index (χ0) is 16.1. The molecule has 0 bridgehead atoms. The first-order valence-electron chi connectivity index (χ1n) is 6.98. The summed E-state index contributed by atoms with van der Waals surface area (Å²) in [5, 5.41) is 14.3. The van der Waals surface area contributed by atoms with Crippen molar-refractivity contribution in [2.24, 2.45) is 0 Å². The number of nitrogens with zero attached hydrogens (tertiary/aromatic N) is 3. The molecule has 0 spiro atoms. The lowest BCUT2D eigenvalue weighted by Gasteiger charge is -2.12. The van der Waals surface area contributed by atoms with Gasteiger partial charge in [-0.25, -0.2) is 4.98 Å². The molecule has 0 saturated carbocycles. The van der Waals surface area contributed by atoms with Crippen LogP contribution in [0.3, 0.4) is 0 Å². The third-order valence-electron chi connectivity index (χ3n) is 2.86. The Labute approximate surface area is 127 Å². The first-order chi connectivity index (χ1) is 10.5. The van der Waals surface area contributed by atoms with Gasteiger partial charge in [0.25, 0.3) is 5.88 Å². The zero-order valence-corrected chi connectivity index (χ0v) is 12.7. The van der Waals surface area contributed by atoms with E-state index in [0.717, 1.165) is 0 Å². The molecule has 0 aliphatic carbocycles. The molecule has 0 saturated heterocycles. The van der Waals surface area contributed by atoms with Crippen molar-refractivity contribution in [1.82, 2.24) is 9.97 Å². The Morgan fingerprint density at radius 1 is 1.45 bits per heavy atom. The van der Waals surface area contributed by atoms with Gasteiger partial charge in [0.1, 0.15) is 11.6 Å². The molecule has 0 atom stereocenters. The van der Waals surface area contributed by atoms with Crippen LogP contribution in [0.5, 0.6) is 5.88 Å². The van der Waals surface area contributed by atoms with Gasteiger partial charge in [0.15, 0.2) is 0 Å². The van der Waals surface area contributed by atoms with Crippen molar-refractivity contribution in [1.29, 1.82) is 0 Å². The lowest BCUT2D eigenvalue weighted by atomic mass is 10.2. The molecule has 0 fully saturated rings. The van der Waals surface area contributed by atoms with Crippen LogP contribution in [0.25, 0.3) is 0 Å². The number of nitrogens with one attached hydrogen (secondary N) is 1. The van der Waals surface area contributed by atoms with E-state index in [-0.39, 0.29) is 36.5 Å². The van der Waals surface area contributed by atoms with Crippen LogP contribution in [0.15, 0.2) is 22.8 Å². The topological polar surface area (TPSA) is 103 Å². The summed E-state index contributed by atoms with van der Waals surface area (Å²) in [7, 11) is 0. The molecule has 8 heteroatoms. The maximum Gasteiger partial charge on any atom is 0.372 e. The van der Waals surface area contributed by atoms with E-state index in [4.69, 9.17) is 9.15 Å². The Morgan fingerprint density at radius 2 is 2.23 bits per heavy atom. The number of hydrogen-bond donors (Lipinski definition) is 1. The predicted octanol–water partition coefficient (Wildman–Crippen LogP) is 3.11. The van der Waals surface area contributed by atoms with Crippen LogP contribution in [0, 0.1) is 10.1 Å². The minimum atomic E-state index is -0.542. The van der Waals surface area contributed by atoms with Gasteiger partial charge in [-0.1, -0.05) is 13.8 Å². The second-order valence-corrected chi connectivity index (χ2v) is 4.86. The minimum absolute atomic E-state index is 0.0178. The third kappa shape index (κ3) is 3.51. The van der Waals surface area contributed by atoms with E-state index in [0.29, 0.717) is 11.6 Å². The Hall–Kier alpha value is -2.64. The number of aromatic nitrogens is 2. The Kier molecular flexibility index (Phi) is 4.92. The molecule has 2 aromatic rings. The SMILES string of the molecule is CCOc1nc(C(C)C)nc(NCc2ccco2)c1[N+](=O)[O-]. The van der Waals surface area contributed by atoms with Gasteiger partial charge in [0.2, 0.25) is 5.82 Å². The summed E-state index contributed by atoms with van der Waals surface area (Å²) in [5.41, 5.74) is -0.266. The van der Waals surface area contributed by atoms with Gasteiger partial charge in [-0.05, 0) is 19.1 Å². The second-order valence-electron chi connectivity index (χ2n) is 4.86. The highest BCUT2D eigenvalue weighted by atomic mass is 16.6. The molecule has 0 radical (unpaired) electrons. The summed E-state index contributed by atoms with van der Waals surface area (Å²) >= 11 is 0. The van der Waals surface area contributed by atoms with Crippen molar-refractivity contribution in [2.75, 3.05) is 11.9 Å². The van der Waals surface area contributed by atoms with Crippen molar-refractivity contribution >= 4 is 11.5 Å². The summed E-state index contributed by atoms with van der Waals surface area (Å²) in [4.78, 5) is 19.2. The summed E-state index contributed by atoms with van der Waals surface area (Å²) < 4.78 is 10.5. The van der Waals surface area contributed by atoms with Crippen LogP contribution in [0.1, 0.15) is 38.3 Å².